The number of para-hydroxylation sites is 1. The number of nitrogens with one attached hydrogen (secondary N) is 1. The summed E-state index contributed by atoms with van der Waals surface area (Å²) in [5.74, 6) is 1.01. The van der Waals surface area contributed by atoms with Crippen molar-refractivity contribution in [2.75, 3.05) is 17.7 Å². The highest BCUT2D eigenvalue weighted by Gasteiger charge is 2.14. The second-order valence-electron chi connectivity index (χ2n) is 7.49. The van der Waals surface area contributed by atoms with Crippen LogP contribution in [-0.2, 0) is 4.79 Å². The third kappa shape index (κ3) is 5.29. The fourth-order valence-electron chi connectivity index (χ4n) is 3.24. The van der Waals surface area contributed by atoms with E-state index in [1.165, 1.54) is 11.8 Å². The smallest absolute Gasteiger partial charge is 0.234 e. The molecule has 0 aliphatic heterocycles. The number of hydrogen-bond acceptors (Lipinski definition) is 5. The number of hydrogen-bond donors (Lipinski definition) is 1. The molecule has 0 fully saturated rings. The molecule has 1 N–H and O–H groups in total. The van der Waals surface area contributed by atoms with Gasteiger partial charge >= 0.3 is 0 Å². The summed E-state index contributed by atoms with van der Waals surface area (Å²) in [4.78, 5) is 16.9. The Kier molecular flexibility index (Phi) is 7.07. The van der Waals surface area contributed by atoms with E-state index >= 15 is 0 Å². The standard InChI is InChI=1S/C25H26N4O2S/c1-3-4-15-31-23-8-6-5-7-20(23)21-16-22-25(26-13-14-29(22)28-21)32-17-24(30)27-19-11-9-18(2)10-12-19/h5-14,16H,3-4,15,17H2,1-2H3,(H,27,30). The molecule has 0 aliphatic carbocycles. The molecule has 4 aromatic rings. The number of aromatic nitrogens is 3. The van der Waals surface area contributed by atoms with E-state index in [9.17, 15) is 4.79 Å². The highest BCUT2D eigenvalue weighted by Crippen LogP contribution is 2.31. The summed E-state index contributed by atoms with van der Waals surface area (Å²) >= 11 is 1.39. The van der Waals surface area contributed by atoms with Crippen molar-refractivity contribution < 1.29 is 9.53 Å². The molecular formula is C25H26N4O2S. The summed E-state index contributed by atoms with van der Waals surface area (Å²) in [6.07, 6.45) is 5.61. The molecule has 2 heterocycles. The van der Waals surface area contributed by atoms with Crippen molar-refractivity contribution >= 4 is 28.9 Å². The number of rotatable bonds is 9. The van der Waals surface area contributed by atoms with E-state index in [1.54, 1.807) is 10.7 Å². The summed E-state index contributed by atoms with van der Waals surface area (Å²) in [7, 11) is 0. The lowest BCUT2D eigenvalue weighted by Crippen LogP contribution is -2.14. The quantitative estimate of drug-likeness (QED) is 0.267. The molecule has 6 nitrogen and oxygen atoms in total. The van der Waals surface area contributed by atoms with Gasteiger partial charge in [-0.2, -0.15) is 5.10 Å². The maximum absolute atomic E-state index is 12.4. The van der Waals surface area contributed by atoms with Gasteiger partial charge in [-0.15, -0.1) is 0 Å². The fraction of sp³-hybridized carbons (Fsp3) is 0.240. The van der Waals surface area contributed by atoms with Crippen LogP contribution in [0, 0.1) is 6.92 Å². The first-order valence-electron chi connectivity index (χ1n) is 10.7. The Morgan fingerprint density at radius 2 is 1.97 bits per heavy atom. The van der Waals surface area contributed by atoms with Crippen LogP contribution in [-0.4, -0.2) is 32.9 Å². The third-order valence-corrected chi connectivity index (χ3v) is 5.94. The van der Waals surface area contributed by atoms with Gasteiger partial charge in [-0.3, -0.25) is 4.79 Å². The van der Waals surface area contributed by atoms with E-state index < -0.39 is 0 Å². The Morgan fingerprint density at radius 1 is 1.16 bits per heavy atom. The largest absolute Gasteiger partial charge is 0.493 e. The first kappa shape index (κ1) is 21.9. The number of aryl methyl sites for hydroxylation is 1. The van der Waals surface area contributed by atoms with Crippen LogP contribution >= 0.6 is 11.8 Å². The zero-order valence-electron chi connectivity index (χ0n) is 18.2. The number of thioether (sulfide) groups is 1. The van der Waals surface area contributed by atoms with E-state index in [0.29, 0.717) is 6.61 Å². The Labute approximate surface area is 192 Å². The van der Waals surface area contributed by atoms with Crippen LogP contribution in [0.4, 0.5) is 5.69 Å². The number of fused-ring (bicyclic) bond motifs is 1. The molecule has 1 amide bonds. The summed E-state index contributed by atoms with van der Waals surface area (Å²) in [6, 6.07) is 17.7. The molecule has 0 spiro atoms. The Balaban J connectivity index is 1.50. The first-order chi connectivity index (χ1) is 15.6. The maximum atomic E-state index is 12.4. The summed E-state index contributed by atoms with van der Waals surface area (Å²) < 4.78 is 7.78. The number of nitrogens with zero attached hydrogens (tertiary/aromatic N) is 3. The minimum atomic E-state index is -0.0722. The van der Waals surface area contributed by atoms with Crippen molar-refractivity contribution in [2.45, 2.75) is 31.7 Å². The molecular weight excluding hydrogens is 420 g/mol. The fourth-order valence-corrected chi connectivity index (χ4v) is 4.02. The number of carbonyl (C=O) groups excluding carboxylic acids is 1. The lowest BCUT2D eigenvalue weighted by Gasteiger charge is -2.09. The van der Waals surface area contributed by atoms with Gasteiger partial charge in [0.25, 0.3) is 0 Å². The third-order valence-electron chi connectivity index (χ3n) is 4.95. The van der Waals surface area contributed by atoms with Crippen LogP contribution in [0.15, 0.2) is 72.0 Å². The maximum Gasteiger partial charge on any atom is 0.234 e. The summed E-state index contributed by atoms with van der Waals surface area (Å²) in [5, 5.41) is 8.40. The Hall–Kier alpha value is -3.32. The molecule has 2 aromatic carbocycles. The molecule has 0 saturated carbocycles. The number of unbranched alkanes of at least 4 members (excludes halogenated alkanes) is 1. The molecule has 0 saturated heterocycles. The van der Waals surface area contributed by atoms with E-state index in [0.717, 1.165) is 51.6 Å². The van der Waals surface area contributed by atoms with Gasteiger partial charge in [0, 0.05) is 23.6 Å². The van der Waals surface area contributed by atoms with Gasteiger partial charge in [0.15, 0.2) is 0 Å². The predicted octanol–water partition coefficient (Wildman–Crippen LogP) is 5.61. The number of anilines is 1. The van der Waals surface area contributed by atoms with Crippen LogP contribution in [0.25, 0.3) is 16.8 Å². The van der Waals surface area contributed by atoms with E-state index in [4.69, 9.17) is 9.84 Å². The average molecular weight is 447 g/mol. The van der Waals surface area contributed by atoms with Crippen molar-refractivity contribution in [2.24, 2.45) is 0 Å². The highest BCUT2D eigenvalue weighted by molar-refractivity contribution is 8.00. The monoisotopic (exact) mass is 446 g/mol. The molecule has 0 aliphatic rings. The minimum Gasteiger partial charge on any atom is -0.493 e. The SMILES string of the molecule is CCCCOc1ccccc1-c1cc2c(SCC(=O)Nc3ccc(C)cc3)nccn2n1. The Morgan fingerprint density at radius 3 is 2.78 bits per heavy atom. The van der Waals surface area contributed by atoms with Crippen molar-refractivity contribution in [1.29, 1.82) is 0 Å². The van der Waals surface area contributed by atoms with Crippen LogP contribution in [0.2, 0.25) is 0 Å². The normalized spacial score (nSPS) is 10.9. The van der Waals surface area contributed by atoms with E-state index in [2.05, 4.69) is 17.2 Å². The summed E-state index contributed by atoms with van der Waals surface area (Å²) in [5.41, 5.74) is 4.57. The predicted molar refractivity (Wildman–Crippen MR) is 129 cm³/mol. The van der Waals surface area contributed by atoms with Crippen LogP contribution in [0.5, 0.6) is 5.75 Å². The topological polar surface area (TPSA) is 68.5 Å². The van der Waals surface area contributed by atoms with E-state index in [-0.39, 0.29) is 11.7 Å². The molecule has 7 heteroatoms. The molecule has 32 heavy (non-hydrogen) atoms. The van der Waals surface area contributed by atoms with Crippen molar-refractivity contribution in [3.63, 3.8) is 0 Å². The average Bonchev–Trinajstić information content (AvgIpc) is 3.24. The van der Waals surface area contributed by atoms with Gasteiger partial charge < -0.3 is 10.1 Å². The first-order valence-corrected chi connectivity index (χ1v) is 11.7. The lowest BCUT2D eigenvalue weighted by atomic mass is 10.1. The molecule has 0 bridgehead atoms. The second kappa shape index (κ2) is 10.3. The molecule has 0 atom stereocenters. The lowest BCUT2D eigenvalue weighted by molar-refractivity contribution is -0.113. The van der Waals surface area contributed by atoms with Gasteiger partial charge in [-0.1, -0.05) is 54.9 Å². The van der Waals surface area contributed by atoms with Gasteiger partial charge in [0.1, 0.15) is 10.8 Å². The number of amides is 1. The van der Waals surface area contributed by atoms with Crippen LogP contribution in [0.3, 0.4) is 0 Å². The zero-order valence-corrected chi connectivity index (χ0v) is 19.1. The number of carbonyl (C=O) groups is 1. The van der Waals surface area contributed by atoms with Crippen LogP contribution < -0.4 is 10.1 Å². The van der Waals surface area contributed by atoms with Crippen molar-refractivity contribution in [3.05, 3.63) is 72.6 Å². The highest BCUT2D eigenvalue weighted by atomic mass is 32.2. The Bertz CT molecular complexity index is 1200. The number of benzene rings is 2. The van der Waals surface area contributed by atoms with Gasteiger partial charge in [-0.05, 0) is 43.7 Å². The molecule has 0 radical (unpaired) electrons. The van der Waals surface area contributed by atoms with Gasteiger partial charge in [-0.25, -0.2) is 9.50 Å². The number of ether oxygens (including phenoxy) is 1. The zero-order chi connectivity index (χ0) is 22.3. The molecule has 164 valence electrons. The van der Waals surface area contributed by atoms with Gasteiger partial charge in [0.2, 0.25) is 5.91 Å². The molecule has 2 aromatic heterocycles. The van der Waals surface area contributed by atoms with Crippen molar-refractivity contribution in [3.8, 4) is 17.0 Å². The summed E-state index contributed by atoms with van der Waals surface area (Å²) in [6.45, 7) is 4.84. The minimum absolute atomic E-state index is 0.0722. The van der Waals surface area contributed by atoms with Gasteiger partial charge in [0.05, 0.1) is 23.6 Å². The van der Waals surface area contributed by atoms with E-state index in [1.807, 2.05) is 67.7 Å². The van der Waals surface area contributed by atoms with Crippen molar-refractivity contribution in [1.82, 2.24) is 14.6 Å². The molecule has 4 rings (SSSR count). The molecule has 0 unspecified atom stereocenters. The van der Waals surface area contributed by atoms with Crippen LogP contribution in [0.1, 0.15) is 25.3 Å². The second-order valence-corrected chi connectivity index (χ2v) is 8.46.